The summed E-state index contributed by atoms with van der Waals surface area (Å²) >= 11 is 1.75. The summed E-state index contributed by atoms with van der Waals surface area (Å²) in [5.74, 6) is 0.363. The first-order valence-electron chi connectivity index (χ1n) is 8.13. The van der Waals surface area contributed by atoms with E-state index in [0.717, 1.165) is 32.4 Å². The van der Waals surface area contributed by atoms with Gasteiger partial charge in [-0.1, -0.05) is 32.3 Å². The van der Waals surface area contributed by atoms with E-state index in [1.165, 1.54) is 24.1 Å². The Bertz CT molecular complexity index is 499. The number of hydrogen-bond acceptors (Lipinski definition) is 3. The van der Waals surface area contributed by atoms with Gasteiger partial charge in [-0.15, -0.1) is 23.7 Å². The second-order valence-corrected chi connectivity index (χ2v) is 8.06. The largest absolute Gasteiger partial charge is 0.341 e. The van der Waals surface area contributed by atoms with Crippen LogP contribution < -0.4 is 5.73 Å². The first kappa shape index (κ1) is 17.8. The van der Waals surface area contributed by atoms with Crippen LogP contribution in [-0.4, -0.2) is 30.4 Å². The van der Waals surface area contributed by atoms with Gasteiger partial charge in [0.2, 0.25) is 5.91 Å². The SMILES string of the molecule is CC1(CN)CCN(C(=O)C2(c3cccs3)CCCCC2)C1.Cl. The molecule has 1 saturated heterocycles. The van der Waals surface area contributed by atoms with Gasteiger partial charge < -0.3 is 10.6 Å². The molecule has 1 aromatic heterocycles. The van der Waals surface area contributed by atoms with Crippen LogP contribution >= 0.6 is 23.7 Å². The second-order valence-electron chi connectivity index (χ2n) is 7.11. The predicted octanol–water partition coefficient (Wildman–Crippen LogP) is 3.57. The molecule has 1 saturated carbocycles. The van der Waals surface area contributed by atoms with Gasteiger partial charge in [-0.3, -0.25) is 4.79 Å². The van der Waals surface area contributed by atoms with Gasteiger partial charge in [-0.25, -0.2) is 0 Å². The molecule has 3 nitrogen and oxygen atoms in total. The minimum absolute atomic E-state index is 0. The van der Waals surface area contributed by atoms with Crippen LogP contribution in [0.2, 0.25) is 0 Å². The lowest BCUT2D eigenvalue weighted by Crippen LogP contribution is -2.47. The Kier molecular flexibility index (Phi) is 5.57. The molecule has 0 aromatic carbocycles. The molecule has 0 bridgehead atoms. The lowest BCUT2D eigenvalue weighted by Gasteiger charge is -2.38. The monoisotopic (exact) mass is 342 g/mol. The Morgan fingerprint density at radius 3 is 2.59 bits per heavy atom. The van der Waals surface area contributed by atoms with Gasteiger partial charge in [0.15, 0.2) is 0 Å². The average molecular weight is 343 g/mol. The van der Waals surface area contributed by atoms with Crippen molar-refractivity contribution in [2.75, 3.05) is 19.6 Å². The summed E-state index contributed by atoms with van der Waals surface area (Å²) in [6.45, 7) is 4.58. The van der Waals surface area contributed by atoms with Gasteiger partial charge in [0, 0.05) is 18.0 Å². The molecule has 22 heavy (non-hydrogen) atoms. The summed E-state index contributed by atoms with van der Waals surface area (Å²) in [4.78, 5) is 16.7. The highest BCUT2D eigenvalue weighted by atomic mass is 35.5. The number of nitrogens with zero attached hydrogens (tertiary/aromatic N) is 1. The third-order valence-electron chi connectivity index (χ3n) is 5.45. The summed E-state index contributed by atoms with van der Waals surface area (Å²) in [5, 5.41) is 2.10. The highest BCUT2D eigenvalue weighted by Crippen LogP contribution is 2.44. The van der Waals surface area contributed by atoms with Crippen LogP contribution in [0, 0.1) is 5.41 Å². The molecule has 1 aliphatic carbocycles. The Balaban J connectivity index is 0.00000176. The highest BCUT2D eigenvalue weighted by molar-refractivity contribution is 7.10. The molecule has 2 aliphatic rings. The van der Waals surface area contributed by atoms with Gasteiger partial charge >= 0.3 is 0 Å². The van der Waals surface area contributed by atoms with Crippen molar-refractivity contribution in [3.8, 4) is 0 Å². The molecular formula is C17H27ClN2OS. The highest BCUT2D eigenvalue weighted by Gasteiger charge is 2.47. The van der Waals surface area contributed by atoms with Crippen LogP contribution in [0.15, 0.2) is 17.5 Å². The van der Waals surface area contributed by atoms with Crippen molar-refractivity contribution in [2.45, 2.75) is 50.9 Å². The molecule has 0 radical (unpaired) electrons. The molecule has 3 rings (SSSR count). The van der Waals surface area contributed by atoms with E-state index in [0.29, 0.717) is 12.5 Å². The molecule has 0 spiro atoms. The van der Waals surface area contributed by atoms with Crippen molar-refractivity contribution in [3.63, 3.8) is 0 Å². The van der Waals surface area contributed by atoms with E-state index in [-0.39, 0.29) is 23.2 Å². The zero-order valence-corrected chi connectivity index (χ0v) is 15.0. The maximum absolute atomic E-state index is 13.3. The number of amides is 1. The number of nitrogens with two attached hydrogens (primary N) is 1. The lowest BCUT2D eigenvalue weighted by atomic mass is 9.72. The number of hydrogen-bond donors (Lipinski definition) is 1. The Morgan fingerprint density at radius 2 is 2.05 bits per heavy atom. The third kappa shape index (κ3) is 3.06. The minimum atomic E-state index is -0.244. The van der Waals surface area contributed by atoms with E-state index in [2.05, 4.69) is 29.3 Å². The van der Waals surface area contributed by atoms with Crippen molar-refractivity contribution >= 4 is 29.7 Å². The fourth-order valence-electron chi connectivity index (χ4n) is 3.94. The minimum Gasteiger partial charge on any atom is -0.341 e. The van der Waals surface area contributed by atoms with Crippen molar-refractivity contribution in [1.29, 1.82) is 0 Å². The van der Waals surface area contributed by atoms with Gasteiger partial charge in [0.25, 0.3) is 0 Å². The van der Waals surface area contributed by atoms with E-state index in [9.17, 15) is 4.79 Å². The molecule has 2 fully saturated rings. The van der Waals surface area contributed by atoms with E-state index in [4.69, 9.17) is 5.73 Å². The smallest absolute Gasteiger partial charge is 0.234 e. The van der Waals surface area contributed by atoms with Crippen LogP contribution in [0.5, 0.6) is 0 Å². The van der Waals surface area contributed by atoms with E-state index in [1.807, 2.05) is 0 Å². The molecule has 2 heterocycles. The quantitative estimate of drug-likeness (QED) is 0.912. The Labute approximate surface area is 143 Å². The number of halogens is 1. The van der Waals surface area contributed by atoms with Crippen molar-refractivity contribution < 1.29 is 4.79 Å². The molecule has 124 valence electrons. The molecule has 1 aromatic rings. The maximum atomic E-state index is 13.3. The predicted molar refractivity (Wildman–Crippen MR) is 94.7 cm³/mol. The number of thiophene rings is 1. The Morgan fingerprint density at radius 1 is 1.32 bits per heavy atom. The van der Waals surface area contributed by atoms with Crippen LogP contribution in [0.4, 0.5) is 0 Å². The third-order valence-corrected chi connectivity index (χ3v) is 6.52. The standard InChI is InChI=1S/C17H26N2OS.ClH/c1-16(12-18)9-10-19(13-16)15(20)17(7-3-2-4-8-17)14-6-5-11-21-14;/h5-6,11H,2-4,7-10,12-13,18H2,1H3;1H. The summed E-state index contributed by atoms with van der Waals surface area (Å²) in [6, 6.07) is 4.24. The lowest BCUT2D eigenvalue weighted by molar-refractivity contribution is -0.138. The van der Waals surface area contributed by atoms with Gasteiger partial charge in [-0.05, 0) is 42.7 Å². The number of likely N-dealkylation sites (tertiary alicyclic amines) is 1. The zero-order valence-electron chi connectivity index (χ0n) is 13.3. The molecule has 1 unspecified atom stereocenters. The van der Waals surface area contributed by atoms with E-state index < -0.39 is 0 Å². The van der Waals surface area contributed by atoms with Crippen LogP contribution in [-0.2, 0) is 10.2 Å². The number of rotatable bonds is 3. The molecule has 5 heteroatoms. The molecule has 1 amide bonds. The molecule has 1 aliphatic heterocycles. The van der Waals surface area contributed by atoms with E-state index >= 15 is 0 Å². The van der Waals surface area contributed by atoms with Gasteiger partial charge in [0.1, 0.15) is 0 Å². The van der Waals surface area contributed by atoms with Crippen LogP contribution in [0.25, 0.3) is 0 Å². The Hall–Kier alpha value is -0.580. The van der Waals surface area contributed by atoms with E-state index in [1.54, 1.807) is 11.3 Å². The fraction of sp³-hybridized carbons (Fsp3) is 0.706. The second kappa shape index (κ2) is 6.90. The first-order valence-corrected chi connectivity index (χ1v) is 9.01. The molecule has 2 N–H and O–H groups in total. The van der Waals surface area contributed by atoms with Crippen LogP contribution in [0.1, 0.15) is 50.3 Å². The summed E-state index contributed by atoms with van der Waals surface area (Å²) < 4.78 is 0. The van der Waals surface area contributed by atoms with Crippen molar-refractivity contribution in [3.05, 3.63) is 22.4 Å². The maximum Gasteiger partial charge on any atom is 0.234 e. The van der Waals surface area contributed by atoms with Crippen molar-refractivity contribution in [2.24, 2.45) is 11.1 Å². The number of carbonyl (C=O) groups excluding carboxylic acids is 1. The van der Waals surface area contributed by atoms with Gasteiger partial charge in [0.05, 0.1) is 5.41 Å². The molecular weight excluding hydrogens is 316 g/mol. The van der Waals surface area contributed by atoms with Crippen molar-refractivity contribution in [1.82, 2.24) is 4.90 Å². The first-order chi connectivity index (χ1) is 10.1. The molecule has 1 atom stereocenters. The summed E-state index contributed by atoms with van der Waals surface area (Å²) in [7, 11) is 0. The normalized spacial score (nSPS) is 27.5. The van der Waals surface area contributed by atoms with Crippen LogP contribution in [0.3, 0.4) is 0 Å². The topological polar surface area (TPSA) is 46.3 Å². The fourth-order valence-corrected chi connectivity index (χ4v) is 4.92. The summed E-state index contributed by atoms with van der Waals surface area (Å²) in [5.41, 5.74) is 5.77. The zero-order chi connectivity index (χ0) is 14.9. The van der Waals surface area contributed by atoms with Gasteiger partial charge in [-0.2, -0.15) is 0 Å². The summed E-state index contributed by atoms with van der Waals surface area (Å²) in [6.07, 6.45) is 6.68. The average Bonchev–Trinajstić information content (AvgIpc) is 3.18. The number of carbonyl (C=O) groups is 1.